The lowest BCUT2D eigenvalue weighted by Crippen LogP contribution is -2.47. The minimum atomic E-state index is -0.661. The van der Waals surface area contributed by atoms with E-state index < -0.39 is 12.0 Å². The van der Waals surface area contributed by atoms with Crippen LogP contribution in [0.25, 0.3) is 0 Å². The summed E-state index contributed by atoms with van der Waals surface area (Å²) in [5.74, 6) is 1.11. The number of methoxy groups -OCH3 is 2. The molecule has 0 aliphatic carbocycles. The van der Waals surface area contributed by atoms with E-state index in [1.165, 1.54) is 16.1 Å². The number of ether oxygens (including phenoxy) is 3. The molecular weight excluding hydrogens is 376 g/mol. The number of benzene rings is 1. The van der Waals surface area contributed by atoms with E-state index in [1.807, 2.05) is 0 Å². The number of urea groups is 1. The first-order valence-corrected chi connectivity index (χ1v) is 9.01. The molecule has 8 nitrogen and oxygen atoms in total. The van der Waals surface area contributed by atoms with E-state index in [9.17, 15) is 9.59 Å². The molecule has 0 fully saturated rings. The van der Waals surface area contributed by atoms with Crippen LogP contribution in [0.5, 0.6) is 11.5 Å². The molecule has 8 heteroatoms. The van der Waals surface area contributed by atoms with Gasteiger partial charge in [-0.2, -0.15) is 0 Å². The number of rotatable bonds is 6. The van der Waals surface area contributed by atoms with Crippen LogP contribution in [0, 0.1) is 0 Å². The summed E-state index contributed by atoms with van der Waals surface area (Å²) in [6, 6.07) is 7.84. The maximum absolute atomic E-state index is 13.0. The minimum absolute atomic E-state index is 0.0439. The van der Waals surface area contributed by atoms with E-state index in [1.54, 1.807) is 65.6 Å². The molecule has 0 N–H and O–H groups in total. The highest BCUT2D eigenvalue weighted by Crippen LogP contribution is 2.36. The Morgan fingerprint density at radius 1 is 1.14 bits per heavy atom. The molecule has 1 aromatic carbocycles. The largest absolute Gasteiger partial charge is 0.493 e. The molecule has 2 heterocycles. The Balaban J connectivity index is 1.87. The highest BCUT2D eigenvalue weighted by Gasteiger charge is 2.40. The zero-order valence-corrected chi connectivity index (χ0v) is 17.1. The molecule has 2 amide bonds. The topological polar surface area (TPSA) is 81.5 Å². The molecule has 0 saturated heterocycles. The Labute approximate surface area is 169 Å². The molecule has 1 aliphatic rings. The Hall–Kier alpha value is -3.42. The van der Waals surface area contributed by atoms with Crippen molar-refractivity contribution in [1.29, 1.82) is 0 Å². The third-order valence-electron chi connectivity index (χ3n) is 4.99. The smallest absolute Gasteiger partial charge is 0.338 e. The highest BCUT2D eigenvalue weighted by atomic mass is 16.5. The molecule has 0 spiro atoms. The maximum Gasteiger partial charge on any atom is 0.338 e. The lowest BCUT2D eigenvalue weighted by molar-refractivity contribution is -0.141. The number of esters is 1. The van der Waals surface area contributed by atoms with Gasteiger partial charge in [0.1, 0.15) is 18.4 Å². The number of allylic oxidation sites excluding steroid dienone is 1. The molecule has 29 heavy (non-hydrogen) atoms. The molecular formula is C21H24N2O6. The molecule has 1 aromatic heterocycles. The summed E-state index contributed by atoms with van der Waals surface area (Å²) >= 11 is 0. The summed E-state index contributed by atoms with van der Waals surface area (Å²) in [5.41, 5.74) is 1.62. The van der Waals surface area contributed by atoms with Gasteiger partial charge in [0.2, 0.25) is 0 Å². The number of nitrogens with zero attached hydrogens (tertiary/aromatic N) is 2. The zero-order valence-electron chi connectivity index (χ0n) is 17.1. The van der Waals surface area contributed by atoms with Crippen LogP contribution in [0.1, 0.15) is 24.3 Å². The van der Waals surface area contributed by atoms with Gasteiger partial charge in [0.15, 0.2) is 11.5 Å². The molecule has 2 aromatic rings. The number of carbonyl (C=O) groups excluding carboxylic acids is 2. The van der Waals surface area contributed by atoms with E-state index in [-0.39, 0.29) is 12.6 Å². The molecule has 1 atom stereocenters. The third-order valence-corrected chi connectivity index (χ3v) is 4.99. The van der Waals surface area contributed by atoms with Gasteiger partial charge in [-0.25, -0.2) is 9.59 Å². The van der Waals surface area contributed by atoms with Crippen molar-refractivity contribution >= 4 is 12.0 Å². The number of likely N-dealkylation sites (N-methyl/N-ethyl adjacent to an activating group) is 1. The highest BCUT2D eigenvalue weighted by molar-refractivity contribution is 5.94. The zero-order chi connectivity index (χ0) is 21.1. The molecule has 154 valence electrons. The van der Waals surface area contributed by atoms with Crippen molar-refractivity contribution in [2.75, 3.05) is 28.3 Å². The van der Waals surface area contributed by atoms with Crippen molar-refractivity contribution in [1.82, 2.24) is 9.80 Å². The molecule has 0 radical (unpaired) electrons. The normalized spacial score (nSPS) is 16.9. The van der Waals surface area contributed by atoms with Crippen LogP contribution in [-0.4, -0.2) is 50.1 Å². The number of hydrogen-bond donors (Lipinski definition) is 0. The van der Waals surface area contributed by atoms with Crippen LogP contribution in [0.15, 0.2) is 52.3 Å². The van der Waals surface area contributed by atoms with Gasteiger partial charge in [0, 0.05) is 19.8 Å². The third kappa shape index (κ3) is 3.78. The van der Waals surface area contributed by atoms with E-state index >= 15 is 0 Å². The second-order valence-electron chi connectivity index (χ2n) is 6.64. The van der Waals surface area contributed by atoms with Crippen LogP contribution in [0.3, 0.4) is 0 Å². The first-order valence-electron chi connectivity index (χ1n) is 9.01. The monoisotopic (exact) mass is 400 g/mol. The summed E-state index contributed by atoms with van der Waals surface area (Å²) in [6.07, 6.45) is 1.51. The van der Waals surface area contributed by atoms with Crippen molar-refractivity contribution in [3.63, 3.8) is 0 Å². The van der Waals surface area contributed by atoms with E-state index in [2.05, 4.69) is 0 Å². The number of hydrogen-bond acceptors (Lipinski definition) is 6. The van der Waals surface area contributed by atoms with Crippen molar-refractivity contribution in [2.45, 2.75) is 19.6 Å². The fourth-order valence-corrected chi connectivity index (χ4v) is 3.30. The lowest BCUT2D eigenvalue weighted by Gasteiger charge is -2.38. The first kappa shape index (κ1) is 20.3. The van der Waals surface area contributed by atoms with Crippen molar-refractivity contribution < 1.29 is 28.2 Å². The Kier molecular flexibility index (Phi) is 5.81. The van der Waals surface area contributed by atoms with Gasteiger partial charge < -0.3 is 28.4 Å². The predicted octanol–water partition coefficient (Wildman–Crippen LogP) is 3.35. The van der Waals surface area contributed by atoms with Gasteiger partial charge >= 0.3 is 12.0 Å². The van der Waals surface area contributed by atoms with E-state index in [0.717, 1.165) is 5.56 Å². The quantitative estimate of drug-likeness (QED) is 0.692. The summed E-state index contributed by atoms with van der Waals surface area (Å²) in [4.78, 5) is 28.4. The van der Waals surface area contributed by atoms with Crippen molar-refractivity contribution in [3.8, 4) is 11.5 Å². The average molecular weight is 400 g/mol. The van der Waals surface area contributed by atoms with Crippen molar-refractivity contribution in [2.24, 2.45) is 0 Å². The molecule has 0 bridgehead atoms. The molecule has 3 rings (SSSR count). The summed E-state index contributed by atoms with van der Waals surface area (Å²) < 4.78 is 21.6. The average Bonchev–Trinajstić information content (AvgIpc) is 3.26. The molecule has 0 saturated carbocycles. The Morgan fingerprint density at radius 3 is 2.48 bits per heavy atom. The summed E-state index contributed by atoms with van der Waals surface area (Å²) in [6.45, 7) is 1.76. The SMILES string of the molecule is COc1ccc(COC(=O)C2=C(C)N(C)C(=O)N(C)C2c2ccco2)cc1OC. The number of carbonyl (C=O) groups is 2. The minimum Gasteiger partial charge on any atom is -0.493 e. The Morgan fingerprint density at radius 2 is 1.86 bits per heavy atom. The predicted molar refractivity (Wildman–Crippen MR) is 104 cm³/mol. The van der Waals surface area contributed by atoms with Crippen LogP contribution in [0.2, 0.25) is 0 Å². The van der Waals surface area contributed by atoms with Gasteiger partial charge in [0.05, 0.1) is 26.1 Å². The van der Waals surface area contributed by atoms with Gasteiger partial charge in [-0.1, -0.05) is 6.07 Å². The molecule has 1 unspecified atom stereocenters. The fourth-order valence-electron chi connectivity index (χ4n) is 3.30. The van der Waals surface area contributed by atoms with Crippen LogP contribution < -0.4 is 9.47 Å². The second kappa shape index (κ2) is 8.30. The summed E-state index contributed by atoms with van der Waals surface area (Å²) in [5, 5.41) is 0. The number of furan rings is 1. The van der Waals surface area contributed by atoms with Crippen LogP contribution in [0.4, 0.5) is 4.79 Å². The summed E-state index contributed by atoms with van der Waals surface area (Å²) in [7, 11) is 6.34. The standard InChI is InChI=1S/C21H24N2O6/c1-13-18(19(16-7-6-10-28-16)23(3)21(25)22(13)2)20(24)29-12-14-8-9-15(26-4)17(11-14)27-5/h6-11,19H,12H2,1-5H3. The number of amides is 2. The van der Waals surface area contributed by atoms with E-state index in [4.69, 9.17) is 18.6 Å². The lowest BCUT2D eigenvalue weighted by atomic mass is 9.98. The van der Waals surface area contributed by atoms with Gasteiger partial charge in [-0.05, 0) is 36.8 Å². The maximum atomic E-state index is 13.0. The fraction of sp³-hybridized carbons (Fsp3) is 0.333. The van der Waals surface area contributed by atoms with Gasteiger partial charge in [-0.15, -0.1) is 0 Å². The van der Waals surface area contributed by atoms with Crippen LogP contribution >= 0.6 is 0 Å². The van der Waals surface area contributed by atoms with Gasteiger partial charge in [-0.3, -0.25) is 0 Å². The Bertz CT molecular complexity index is 935. The molecule has 1 aliphatic heterocycles. The van der Waals surface area contributed by atoms with Gasteiger partial charge in [0.25, 0.3) is 0 Å². The second-order valence-corrected chi connectivity index (χ2v) is 6.64. The van der Waals surface area contributed by atoms with Crippen molar-refractivity contribution in [3.05, 3.63) is 59.2 Å². The first-order chi connectivity index (χ1) is 13.9. The van der Waals surface area contributed by atoms with E-state index in [0.29, 0.717) is 28.5 Å². The van der Waals surface area contributed by atoms with Crippen LogP contribution in [-0.2, 0) is 16.1 Å².